The maximum atomic E-state index is 12.6. The highest BCUT2D eigenvalue weighted by molar-refractivity contribution is 5.79. The fraction of sp³-hybridized carbons (Fsp3) is 0.550. The van der Waals surface area contributed by atoms with Gasteiger partial charge in [0.05, 0.1) is 12.5 Å². The van der Waals surface area contributed by atoms with Gasteiger partial charge in [-0.15, -0.1) is 0 Å². The summed E-state index contributed by atoms with van der Waals surface area (Å²) in [5.41, 5.74) is 2.25. The first kappa shape index (κ1) is 17.2. The highest BCUT2D eigenvalue weighted by atomic mass is 16.5. The van der Waals surface area contributed by atoms with Crippen LogP contribution in [0, 0.1) is 6.92 Å². The van der Waals surface area contributed by atoms with Crippen molar-refractivity contribution in [2.75, 3.05) is 13.1 Å². The van der Waals surface area contributed by atoms with Crippen molar-refractivity contribution in [1.82, 2.24) is 15.0 Å². The van der Waals surface area contributed by atoms with Crippen LogP contribution >= 0.6 is 0 Å². The summed E-state index contributed by atoms with van der Waals surface area (Å²) < 4.78 is 11.2. The Morgan fingerprint density at radius 2 is 2.23 bits per heavy atom. The number of amides is 1. The predicted octanol–water partition coefficient (Wildman–Crippen LogP) is 3.01. The first-order valence-electron chi connectivity index (χ1n) is 9.45. The van der Waals surface area contributed by atoms with E-state index < -0.39 is 0 Å². The van der Waals surface area contributed by atoms with Crippen LogP contribution in [0.2, 0.25) is 0 Å². The lowest BCUT2D eigenvalue weighted by molar-refractivity contribution is -0.135. The number of hydrogen-bond donors (Lipinski definition) is 0. The summed E-state index contributed by atoms with van der Waals surface area (Å²) in [6.07, 6.45) is 4.70. The number of rotatable bonds is 6. The van der Waals surface area contributed by atoms with Gasteiger partial charge in [-0.1, -0.05) is 35.0 Å². The minimum Gasteiger partial charge on any atom is -0.367 e. The highest BCUT2D eigenvalue weighted by Crippen LogP contribution is 2.38. The lowest BCUT2D eigenvalue weighted by atomic mass is 10.1. The van der Waals surface area contributed by atoms with Gasteiger partial charge in [0.25, 0.3) is 5.89 Å². The minimum atomic E-state index is 0.0292. The molecular formula is C20H25N3O3. The van der Waals surface area contributed by atoms with Crippen molar-refractivity contribution in [3.8, 4) is 0 Å². The summed E-state index contributed by atoms with van der Waals surface area (Å²) in [6, 6.07) is 8.13. The van der Waals surface area contributed by atoms with Crippen LogP contribution in [-0.2, 0) is 22.6 Å². The molecule has 1 atom stereocenters. The summed E-state index contributed by atoms with van der Waals surface area (Å²) in [4.78, 5) is 18.9. The number of nitrogens with zero attached hydrogens (tertiary/aromatic N) is 3. The molecule has 1 aromatic heterocycles. The van der Waals surface area contributed by atoms with Gasteiger partial charge in [-0.05, 0) is 38.2 Å². The Bertz CT molecular complexity index is 769. The molecule has 2 aliphatic rings. The Labute approximate surface area is 153 Å². The smallest absolute Gasteiger partial charge is 0.252 e. The SMILES string of the molecule is Cc1cccc(CC(=O)N2CCC[C@H](OCc3nc(C4CC4)no3)C2)c1. The standard InChI is InChI=1S/C20H25N3O3/c1-14-4-2-5-15(10-14)11-19(24)23-9-3-6-17(12-23)25-13-18-21-20(22-26-18)16-7-8-16/h2,4-5,10,16-17H,3,6-9,11-13H2,1H3/t17-/m0/s1. The lowest BCUT2D eigenvalue weighted by Crippen LogP contribution is -2.43. The molecule has 138 valence electrons. The van der Waals surface area contributed by atoms with Crippen LogP contribution in [0.25, 0.3) is 0 Å². The molecular weight excluding hydrogens is 330 g/mol. The first-order chi connectivity index (χ1) is 12.7. The number of carbonyl (C=O) groups is 1. The molecule has 1 aliphatic carbocycles. The predicted molar refractivity (Wildman–Crippen MR) is 95.5 cm³/mol. The van der Waals surface area contributed by atoms with Crippen molar-refractivity contribution in [2.45, 2.75) is 57.7 Å². The van der Waals surface area contributed by atoms with Crippen LogP contribution in [-0.4, -0.2) is 40.1 Å². The largest absolute Gasteiger partial charge is 0.367 e. The van der Waals surface area contributed by atoms with Crippen LogP contribution in [0.4, 0.5) is 0 Å². The van der Waals surface area contributed by atoms with Gasteiger partial charge in [0.15, 0.2) is 5.82 Å². The summed E-state index contributed by atoms with van der Waals surface area (Å²) in [6.45, 7) is 3.81. The van der Waals surface area contributed by atoms with Crippen molar-refractivity contribution in [3.05, 3.63) is 47.1 Å². The zero-order valence-electron chi connectivity index (χ0n) is 15.2. The second-order valence-corrected chi connectivity index (χ2v) is 7.40. The number of likely N-dealkylation sites (tertiary alicyclic amines) is 1. The summed E-state index contributed by atoms with van der Waals surface area (Å²) in [7, 11) is 0. The van der Waals surface area contributed by atoms with E-state index in [0.717, 1.165) is 43.6 Å². The third-order valence-corrected chi connectivity index (χ3v) is 5.04. The molecule has 0 unspecified atom stereocenters. The number of ether oxygens (including phenoxy) is 1. The highest BCUT2D eigenvalue weighted by Gasteiger charge is 2.29. The molecule has 0 bridgehead atoms. The Balaban J connectivity index is 1.28. The van der Waals surface area contributed by atoms with E-state index in [1.807, 2.05) is 30.0 Å². The van der Waals surface area contributed by atoms with E-state index in [1.54, 1.807) is 0 Å². The molecule has 6 heteroatoms. The van der Waals surface area contributed by atoms with Gasteiger partial charge in [0.2, 0.25) is 5.91 Å². The van der Waals surface area contributed by atoms with Crippen molar-refractivity contribution in [3.63, 3.8) is 0 Å². The summed E-state index contributed by atoms with van der Waals surface area (Å²) in [5.74, 6) is 1.99. The van der Waals surface area contributed by atoms with Gasteiger partial charge in [-0.2, -0.15) is 4.98 Å². The fourth-order valence-corrected chi connectivity index (χ4v) is 3.43. The Kier molecular flexibility index (Phi) is 5.02. The minimum absolute atomic E-state index is 0.0292. The van der Waals surface area contributed by atoms with Gasteiger partial charge < -0.3 is 14.2 Å². The van der Waals surface area contributed by atoms with E-state index in [0.29, 0.717) is 31.4 Å². The van der Waals surface area contributed by atoms with Crippen LogP contribution in [0.5, 0.6) is 0 Å². The lowest BCUT2D eigenvalue weighted by Gasteiger charge is -2.32. The topological polar surface area (TPSA) is 68.5 Å². The van der Waals surface area contributed by atoms with Crippen molar-refractivity contribution >= 4 is 5.91 Å². The van der Waals surface area contributed by atoms with Crippen molar-refractivity contribution in [2.24, 2.45) is 0 Å². The van der Waals surface area contributed by atoms with Crippen LogP contribution < -0.4 is 0 Å². The van der Waals surface area contributed by atoms with E-state index in [9.17, 15) is 4.79 Å². The molecule has 1 aromatic carbocycles. The van der Waals surface area contributed by atoms with Crippen LogP contribution in [0.1, 0.15) is 54.4 Å². The molecule has 1 saturated heterocycles. The van der Waals surface area contributed by atoms with E-state index in [1.165, 1.54) is 5.56 Å². The molecule has 6 nitrogen and oxygen atoms in total. The number of carbonyl (C=O) groups excluding carboxylic acids is 1. The van der Waals surface area contributed by atoms with E-state index in [4.69, 9.17) is 9.26 Å². The molecule has 2 heterocycles. The maximum Gasteiger partial charge on any atom is 0.252 e. The molecule has 26 heavy (non-hydrogen) atoms. The Hall–Kier alpha value is -2.21. The number of piperidine rings is 1. The van der Waals surface area contributed by atoms with Gasteiger partial charge in [0.1, 0.15) is 6.61 Å². The number of aryl methyl sites for hydroxylation is 1. The zero-order valence-corrected chi connectivity index (χ0v) is 15.2. The second kappa shape index (κ2) is 7.58. The van der Waals surface area contributed by atoms with Crippen molar-refractivity contribution < 1.29 is 14.1 Å². The average Bonchev–Trinajstić information content (AvgIpc) is 3.39. The van der Waals surface area contributed by atoms with E-state index >= 15 is 0 Å². The van der Waals surface area contributed by atoms with E-state index in [-0.39, 0.29) is 12.0 Å². The fourth-order valence-electron chi connectivity index (χ4n) is 3.43. The number of hydrogen-bond acceptors (Lipinski definition) is 5. The molecule has 2 aromatic rings. The molecule has 4 rings (SSSR count). The zero-order chi connectivity index (χ0) is 17.9. The first-order valence-corrected chi connectivity index (χ1v) is 9.45. The molecule has 1 amide bonds. The van der Waals surface area contributed by atoms with Crippen LogP contribution in [0.3, 0.4) is 0 Å². The number of aromatic nitrogens is 2. The average molecular weight is 355 g/mol. The van der Waals surface area contributed by atoms with Gasteiger partial charge >= 0.3 is 0 Å². The molecule has 0 spiro atoms. The van der Waals surface area contributed by atoms with E-state index in [2.05, 4.69) is 16.2 Å². The van der Waals surface area contributed by atoms with Gasteiger partial charge in [0, 0.05) is 19.0 Å². The van der Waals surface area contributed by atoms with Gasteiger partial charge in [-0.25, -0.2) is 0 Å². The Morgan fingerprint density at radius 1 is 1.35 bits per heavy atom. The summed E-state index contributed by atoms with van der Waals surface area (Å²) in [5, 5.41) is 4.01. The Morgan fingerprint density at radius 3 is 3.04 bits per heavy atom. The number of benzene rings is 1. The summed E-state index contributed by atoms with van der Waals surface area (Å²) >= 11 is 0. The van der Waals surface area contributed by atoms with Gasteiger partial charge in [-0.3, -0.25) is 4.79 Å². The molecule has 1 saturated carbocycles. The normalized spacial score (nSPS) is 20.3. The third-order valence-electron chi connectivity index (χ3n) is 5.04. The molecule has 1 aliphatic heterocycles. The molecule has 2 fully saturated rings. The molecule has 0 radical (unpaired) electrons. The monoisotopic (exact) mass is 355 g/mol. The molecule has 0 N–H and O–H groups in total. The third kappa shape index (κ3) is 4.30. The van der Waals surface area contributed by atoms with Crippen molar-refractivity contribution in [1.29, 1.82) is 0 Å². The maximum absolute atomic E-state index is 12.6. The second-order valence-electron chi connectivity index (χ2n) is 7.40. The quantitative estimate of drug-likeness (QED) is 0.797. The van der Waals surface area contributed by atoms with Crippen LogP contribution in [0.15, 0.2) is 28.8 Å².